The summed E-state index contributed by atoms with van der Waals surface area (Å²) in [5.41, 5.74) is 1.40. The second kappa shape index (κ2) is 12.4. The number of hydrogen-bond donors (Lipinski definition) is 1. The molecule has 1 aliphatic heterocycles. The molecule has 0 unspecified atom stereocenters. The van der Waals surface area contributed by atoms with Crippen molar-refractivity contribution < 1.29 is 4.74 Å². The van der Waals surface area contributed by atoms with Gasteiger partial charge < -0.3 is 10.1 Å². The van der Waals surface area contributed by atoms with Crippen LogP contribution in [-0.4, -0.2) is 38.2 Å². The lowest BCUT2D eigenvalue weighted by Gasteiger charge is -2.35. The molecule has 1 aliphatic rings. The van der Waals surface area contributed by atoms with Crippen LogP contribution in [0, 0.1) is 0 Å². The van der Waals surface area contributed by atoms with E-state index in [4.69, 9.17) is 4.74 Å². The summed E-state index contributed by atoms with van der Waals surface area (Å²) in [6.07, 6.45) is 5.14. The topological polar surface area (TPSA) is 24.5 Å². The zero-order valence-corrected chi connectivity index (χ0v) is 17.2. The van der Waals surface area contributed by atoms with Crippen LogP contribution in [0.3, 0.4) is 0 Å². The molecule has 6 heteroatoms. The van der Waals surface area contributed by atoms with E-state index in [-0.39, 0.29) is 24.8 Å². The fourth-order valence-electron chi connectivity index (χ4n) is 3.03. The highest BCUT2D eigenvalue weighted by atomic mass is 79.9. The molecule has 0 amide bonds. The fraction of sp³-hybridized carbons (Fsp3) is 0.647. The second-order valence-corrected chi connectivity index (χ2v) is 6.55. The molecular formula is C17H29BrCl2N2O. The van der Waals surface area contributed by atoms with E-state index in [0.29, 0.717) is 6.04 Å². The first-order valence-electron chi connectivity index (χ1n) is 8.04. The third-order valence-corrected chi connectivity index (χ3v) is 4.85. The molecule has 1 atom stereocenters. The van der Waals surface area contributed by atoms with E-state index < -0.39 is 0 Å². The Bertz CT molecular complexity index is 443. The number of ether oxygens (including phenoxy) is 1. The van der Waals surface area contributed by atoms with E-state index >= 15 is 0 Å². The van der Waals surface area contributed by atoms with E-state index in [2.05, 4.69) is 51.3 Å². The largest absolute Gasteiger partial charge is 0.496 e. The highest BCUT2D eigenvalue weighted by Crippen LogP contribution is 2.33. The minimum absolute atomic E-state index is 0. The molecular weight excluding hydrogens is 399 g/mol. The maximum absolute atomic E-state index is 5.35. The number of benzene rings is 1. The molecule has 1 aromatic rings. The van der Waals surface area contributed by atoms with Crippen molar-refractivity contribution in [1.82, 2.24) is 10.2 Å². The number of nitrogens with one attached hydrogen (secondary N) is 1. The Balaban J connectivity index is 0.00000242. The van der Waals surface area contributed by atoms with Gasteiger partial charge in [0.1, 0.15) is 5.75 Å². The third kappa shape index (κ3) is 6.79. The highest BCUT2D eigenvalue weighted by molar-refractivity contribution is 9.10. The molecule has 1 fully saturated rings. The number of unbranched alkanes of at least 4 members (excludes halogenated alkanes) is 2. The van der Waals surface area contributed by atoms with Gasteiger partial charge in [0, 0.05) is 32.2 Å². The van der Waals surface area contributed by atoms with Crippen molar-refractivity contribution in [2.24, 2.45) is 0 Å². The van der Waals surface area contributed by atoms with Crippen LogP contribution in [0.2, 0.25) is 0 Å². The Hall–Kier alpha value is -0.000000000000000111. The third-order valence-electron chi connectivity index (χ3n) is 4.23. The first-order valence-corrected chi connectivity index (χ1v) is 8.83. The first-order chi connectivity index (χ1) is 10.3. The lowest BCUT2D eigenvalue weighted by Crippen LogP contribution is -2.45. The van der Waals surface area contributed by atoms with Gasteiger partial charge in [-0.05, 0) is 40.0 Å². The van der Waals surface area contributed by atoms with Crippen molar-refractivity contribution in [2.45, 2.75) is 38.6 Å². The molecule has 0 aromatic heterocycles. The minimum Gasteiger partial charge on any atom is -0.496 e. The van der Waals surface area contributed by atoms with Crippen molar-refractivity contribution in [1.29, 1.82) is 0 Å². The van der Waals surface area contributed by atoms with E-state index in [0.717, 1.165) is 36.4 Å². The Morgan fingerprint density at radius 1 is 1.22 bits per heavy atom. The van der Waals surface area contributed by atoms with Gasteiger partial charge in [-0.1, -0.05) is 32.3 Å². The highest BCUT2D eigenvalue weighted by Gasteiger charge is 2.22. The van der Waals surface area contributed by atoms with Crippen LogP contribution in [-0.2, 0) is 0 Å². The minimum atomic E-state index is 0. The molecule has 0 saturated carbocycles. The van der Waals surface area contributed by atoms with Crippen molar-refractivity contribution in [2.75, 3.05) is 33.3 Å². The molecule has 134 valence electrons. The normalized spacial score (nSPS) is 16.1. The second-order valence-electron chi connectivity index (χ2n) is 5.69. The van der Waals surface area contributed by atoms with Gasteiger partial charge in [-0.25, -0.2) is 0 Å². The first kappa shape index (κ1) is 23.0. The lowest BCUT2D eigenvalue weighted by atomic mass is 9.98. The molecule has 23 heavy (non-hydrogen) atoms. The number of hydrogen-bond acceptors (Lipinski definition) is 3. The Morgan fingerprint density at radius 2 is 1.91 bits per heavy atom. The average molecular weight is 428 g/mol. The Morgan fingerprint density at radius 3 is 2.48 bits per heavy atom. The van der Waals surface area contributed by atoms with E-state index in [1.165, 1.54) is 31.2 Å². The lowest BCUT2D eigenvalue weighted by molar-refractivity contribution is 0.162. The smallest absolute Gasteiger partial charge is 0.133 e. The fourth-order valence-corrected chi connectivity index (χ4v) is 3.59. The van der Waals surface area contributed by atoms with E-state index in [9.17, 15) is 0 Å². The maximum atomic E-state index is 5.35. The van der Waals surface area contributed by atoms with Crippen LogP contribution in [0.15, 0.2) is 22.7 Å². The zero-order valence-electron chi connectivity index (χ0n) is 14.0. The summed E-state index contributed by atoms with van der Waals surface area (Å²) in [5, 5.41) is 3.45. The molecule has 1 N–H and O–H groups in total. The standard InChI is InChI=1S/C17H27BrN2O.2ClH/c1-3-4-5-6-16(20-11-9-19-10-12-20)14-7-8-17(21-2)15(18)13-14;;/h7-8,13,16,19H,3-6,9-12H2,1-2H3;2*1H/t16-;;/m0../s1. The SMILES string of the molecule is CCCCC[C@@H](c1ccc(OC)c(Br)c1)N1CCNCC1.Cl.Cl. The van der Waals surface area contributed by atoms with Crippen LogP contribution in [0.1, 0.15) is 44.2 Å². The summed E-state index contributed by atoms with van der Waals surface area (Å²) in [7, 11) is 1.72. The van der Waals surface area contributed by atoms with Crippen molar-refractivity contribution in [3.63, 3.8) is 0 Å². The Labute approximate surface area is 161 Å². The molecule has 0 spiro atoms. The average Bonchev–Trinajstić information content (AvgIpc) is 2.52. The van der Waals surface area contributed by atoms with Crippen molar-refractivity contribution in [3.05, 3.63) is 28.2 Å². The molecule has 3 nitrogen and oxygen atoms in total. The summed E-state index contributed by atoms with van der Waals surface area (Å²) >= 11 is 3.63. The summed E-state index contributed by atoms with van der Waals surface area (Å²) in [5.74, 6) is 0.909. The number of methoxy groups -OCH3 is 1. The van der Waals surface area contributed by atoms with Gasteiger partial charge >= 0.3 is 0 Å². The number of halogens is 3. The number of rotatable bonds is 7. The van der Waals surface area contributed by atoms with Gasteiger partial charge in [0.25, 0.3) is 0 Å². The summed E-state index contributed by atoms with van der Waals surface area (Å²) < 4.78 is 6.41. The molecule has 1 heterocycles. The molecule has 2 rings (SSSR count). The molecule has 1 aromatic carbocycles. The van der Waals surface area contributed by atoms with Gasteiger partial charge in [-0.3, -0.25) is 4.90 Å². The molecule has 0 bridgehead atoms. The van der Waals surface area contributed by atoms with Crippen LogP contribution >= 0.6 is 40.7 Å². The predicted molar refractivity (Wildman–Crippen MR) is 107 cm³/mol. The van der Waals surface area contributed by atoms with E-state index in [1.54, 1.807) is 7.11 Å². The quantitative estimate of drug-likeness (QED) is 0.630. The number of nitrogens with zero attached hydrogens (tertiary/aromatic N) is 1. The van der Waals surface area contributed by atoms with Gasteiger partial charge in [0.2, 0.25) is 0 Å². The van der Waals surface area contributed by atoms with Crippen LogP contribution < -0.4 is 10.1 Å². The van der Waals surface area contributed by atoms with Gasteiger partial charge in [0.05, 0.1) is 11.6 Å². The van der Waals surface area contributed by atoms with Crippen molar-refractivity contribution in [3.8, 4) is 5.75 Å². The number of piperazine rings is 1. The van der Waals surface area contributed by atoms with E-state index in [1.807, 2.05) is 0 Å². The van der Waals surface area contributed by atoms with Gasteiger partial charge in [-0.15, -0.1) is 24.8 Å². The summed E-state index contributed by atoms with van der Waals surface area (Å²) in [4.78, 5) is 2.63. The maximum Gasteiger partial charge on any atom is 0.133 e. The van der Waals surface area contributed by atoms with Gasteiger partial charge in [-0.2, -0.15) is 0 Å². The van der Waals surface area contributed by atoms with Crippen LogP contribution in [0.4, 0.5) is 0 Å². The van der Waals surface area contributed by atoms with Crippen LogP contribution in [0.5, 0.6) is 5.75 Å². The summed E-state index contributed by atoms with van der Waals surface area (Å²) in [6.45, 7) is 6.74. The van der Waals surface area contributed by atoms with Crippen molar-refractivity contribution >= 4 is 40.7 Å². The molecule has 1 saturated heterocycles. The Kier molecular flexibility index (Phi) is 12.4. The zero-order chi connectivity index (χ0) is 15.1. The van der Waals surface area contributed by atoms with Crippen LogP contribution in [0.25, 0.3) is 0 Å². The van der Waals surface area contributed by atoms with Gasteiger partial charge in [0.15, 0.2) is 0 Å². The summed E-state index contributed by atoms with van der Waals surface area (Å²) in [6, 6.07) is 7.06. The molecule has 0 radical (unpaired) electrons. The molecule has 0 aliphatic carbocycles. The monoisotopic (exact) mass is 426 g/mol. The predicted octanol–water partition coefficient (Wildman–Crippen LogP) is 4.83.